The van der Waals surface area contributed by atoms with Crippen molar-refractivity contribution in [3.8, 4) is 23.0 Å². The molecule has 3 aromatic carbocycles. The number of carbonyl (C=O) groups excluding carboxylic acids is 1. The number of amides is 1. The van der Waals surface area contributed by atoms with E-state index in [2.05, 4.69) is 10.3 Å². The first kappa shape index (κ1) is 26.7. The van der Waals surface area contributed by atoms with Gasteiger partial charge in [-0.05, 0) is 42.0 Å². The molecule has 1 atom stereocenters. The first-order chi connectivity index (χ1) is 19.2. The summed E-state index contributed by atoms with van der Waals surface area (Å²) in [6.07, 6.45) is -4.53. The minimum absolute atomic E-state index is 0.113. The van der Waals surface area contributed by atoms with Crippen LogP contribution in [-0.2, 0) is 22.3 Å². The molecule has 8 nitrogen and oxygen atoms in total. The number of carboxylic acid groups (broad SMARTS) is 1. The Morgan fingerprint density at radius 1 is 0.950 bits per heavy atom. The molecule has 0 aliphatic heterocycles. The van der Waals surface area contributed by atoms with Crippen molar-refractivity contribution in [1.29, 1.82) is 0 Å². The topological polar surface area (TPSA) is 115 Å². The third kappa shape index (κ3) is 5.89. The van der Waals surface area contributed by atoms with E-state index >= 15 is 0 Å². The van der Waals surface area contributed by atoms with Crippen molar-refractivity contribution in [1.82, 2.24) is 10.3 Å². The van der Waals surface area contributed by atoms with Gasteiger partial charge in [-0.3, -0.25) is 4.79 Å². The number of fused-ring (bicyclic) bond motifs is 1. The molecule has 2 N–H and O–H groups in total. The molecule has 2 heterocycles. The third-order valence-corrected chi connectivity index (χ3v) is 5.95. The fraction of sp³-hybridized carbons (Fsp3) is 0.138. The van der Waals surface area contributed by atoms with Gasteiger partial charge in [-0.15, -0.1) is 0 Å². The largest absolute Gasteiger partial charge is 0.480 e. The monoisotopic (exact) mass is 550 g/mol. The zero-order valence-electron chi connectivity index (χ0n) is 20.6. The summed E-state index contributed by atoms with van der Waals surface area (Å²) in [5, 5.41) is 12.8. The lowest BCUT2D eigenvalue weighted by atomic mass is 10.1. The zero-order valence-corrected chi connectivity index (χ0v) is 20.6. The number of oxazole rings is 1. The molecular weight excluding hydrogens is 529 g/mol. The average Bonchev–Trinajstić information content (AvgIpc) is 3.57. The normalized spacial score (nSPS) is 12.4. The highest BCUT2D eigenvalue weighted by molar-refractivity contribution is 6.00. The van der Waals surface area contributed by atoms with Gasteiger partial charge in [-0.1, -0.05) is 48.5 Å². The molecule has 0 saturated carbocycles. The summed E-state index contributed by atoms with van der Waals surface area (Å²) in [6, 6.07) is 20.4. The van der Waals surface area contributed by atoms with Gasteiger partial charge in [0, 0.05) is 10.9 Å². The fourth-order valence-corrected chi connectivity index (χ4v) is 3.93. The summed E-state index contributed by atoms with van der Waals surface area (Å²) >= 11 is 0. The maximum atomic E-state index is 13.3. The number of ether oxygens (including phenoxy) is 1. The van der Waals surface area contributed by atoms with Gasteiger partial charge in [0.1, 0.15) is 5.58 Å². The van der Waals surface area contributed by atoms with Crippen molar-refractivity contribution in [3.63, 3.8) is 0 Å². The second-order valence-electron chi connectivity index (χ2n) is 8.79. The van der Waals surface area contributed by atoms with Gasteiger partial charge < -0.3 is 24.0 Å². The van der Waals surface area contributed by atoms with Crippen LogP contribution in [-0.4, -0.2) is 34.6 Å². The number of aromatic nitrogens is 1. The van der Waals surface area contributed by atoms with E-state index in [4.69, 9.17) is 13.6 Å². The van der Waals surface area contributed by atoms with E-state index in [1.807, 2.05) is 30.3 Å². The lowest BCUT2D eigenvalue weighted by Crippen LogP contribution is -2.44. The number of para-hydroxylation sites is 1. The number of rotatable bonds is 9. The summed E-state index contributed by atoms with van der Waals surface area (Å²) < 4.78 is 56.2. The molecule has 0 bridgehead atoms. The minimum atomic E-state index is -4.53. The van der Waals surface area contributed by atoms with Crippen LogP contribution in [0.15, 0.2) is 93.8 Å². The molecule has 5 aromatic rings. The van der Waals surface area contributed by atoms with Crippen LogP contribution >= 0.6 is 0 Å². The van der Waals surface area contributed by atoms with Crippen LogP contribution in [0.3, 0.4) is 0 Å². The number of furan rings is 1. The minimum Gasteiger partial charge on any atom is -0.480 e. The molecule has 0 fully saturated rings. The SMILES string of the molecule is O=C(NC(COCc1ccccc1)C(=O)O)c1nc(-c2ccc(C(F)(F)F)cc2)oc1-c1cc2ccccc2o1. The van der Waals surface area contributed by atoms with Crippen LogP contribution in [0.2, 0.25) is 0 Å². The lowest BCUT2D eigenvalue weighted by molar-refractivity contribution is -0.141. The Morgan fingerprint density at radius 3 is 2.33 bits per heavy atom. The Kier molecular flexibility index (Phi) is 7.39. The number of aliphatic carboxylic acids is 1. The van der Waals surface area contributed by atoms with Crippen LogP contribution < -0.4 is 5.32 Å². The van der Waals surface area contributed by atoms with Crippen LogP contribution in [0, 0.1) is 0 Å². The number of nitrogens with zero attached hydrogens (tertiary/aromatic N) is 1. The van der Waals surface area contributed by atoms with Crippen molar-refractivity contribution in [3.05, 3.63) is 102 Å². The van der Waals surface area contributed by atoms with Crippen molar-refractivity contribution in [2.24, 2.45) is 0 Å². The molecule has 0 radical (unpaired) electrons. The van der Waals surface area contributed by atoms with Crippen molar-refractivity contribution in [2.45, 2.75) is 18.8 Å². The van der Waals surface area contributed by atoms with Crippen LogP contribution in [0.4, 0.5) is 13.2 Å². The van der Waals surface area contributed by atoms with Crippen LogP contribution in [0.5, 0.6) is 0 Å². The van der Waals surface area contributed by atoms with E-state index in [1.165, 1.54) is 0 Å². The predicted molar refractivity (Wildman–Crippen MR) is 137 cm³/mol. The fourth-order valence-electron chi connectivity index (χ4n) is 3.93. The molecule has 0 aliphatic carbocycles. The van der Waals surface area contributed by atoms with E-state index in [0.717, 1.165) is 29.8 Å². The predicted octanol–water partition coefficient (Wildman–Crippen LogP) is 6.17. The quantitative estimate of drug-likeness (QED) is 0.225. The summed E-state index contributed by atoms with van der Waals surface area (Å²) in [5.41, 5.74) is 0.323. The first-order valence-electron chi connectivity index (χ1n) is 12.0. The Hall–Kier alpha value is -4.90. The van der Waals surface area contributed by atoms with Crippen LogP contribution in [0.25, 0.3) is 33.9 Å². The number of carbonyl (C=O) groups is 2. The summed E-state index contributed by atoms with van der Waals surface area (Å²) in [5.74, 6) is -2.37. The third-order valence-electron chi connectivity index (χ3n) is 5.95. The summed E-state index contributed by atoms with van der Waals surface area (Å²) in [6.45, 7) is -0.202. The highest BCUT2D eigenvalue weighted by Gasteiger charge is 2.31. The van der Waals surface area contributed by atoms with Gasteiger partial charge in [-0.25, -0.2) is 9.78 Å². The van der Waals surface area contributed by atoms with Gasteiger partial charge in [0.25, 0.3) is 5.91 Å². The molecule has 1 unspecified atom stereocenters. The summed E-state index contributed by atoms with van der Waals surface area (Å²) in [4.78, 5) is 29.4. The number of carboxylic acids is 1. The maximum absolute atomic E-state index is 13.3. The van der Waals surface area contributed by atoms with E-state index in [9.17, 15) is 27.9 Å². The number of hydrogen-bond acceptors (Lipinski definition) is 6. The Balaban J connectivity index is 1.44. The zero-order chi connectivity index (χ0) is 28.3. The lowest BCUT2D eigenvalue weighted by Gasteiger charge is -2.14. The molecule has 5 rings (SSSR count). The number of nitrogens with one attached hydrogen (secondary N) is 1. The van der Waals surface area contributed by atoms with E-state index in [1.54, 1.807) is 30.3 Å². The molecule has 0 aliphatic rings. The van der Waals surface area contributed by atoms with Gasteiger partial charge in [-0.2, -0.15) is 13.2 Å². The average molecular weight is 550 g/mol. The smallest absolute Gasteiger partial charge is 0.416 e. The second kappa shape index (κ2) is 11.1. The first-order valence-corrected chi connectivity index (χ1v) is 12.0. The van der Waals surface area contributed by atoms with Crippen molar-refractivity contribution >= 4 is 22.8 Å². The van der Waals surface area contributed by atoms with Gasteiger partial charge in [0.15, 0.2) is 17.5 Å². The van der Waals surface area contributed by atoms with E-state index in [-0.39, 0.29) is 41.9 Å². The number of alkyl halides is 3. The van der Waals surface area contributed by atoms with Gasteiger partial charge in [0.05, 0.1) is 18.8 Å². The summed E-state index contributed by atoms with van der Waals surface area (Å²) in [7, 11) is 0. The van der Waals surface area contributed by atoms with Gasteiger partial charge in [0.2, 0.25) is 11.7 Å². The maximum Gasteiger partial charge on any atom is 0.416 e. The number of halogens is 3. The Morgan fingerprint density at radius 2 is 1.65 bits per heavy atom. The standard InChI is InChI=1S/C29H21F3N2O6/c30-29(31,32)20-12-10-18(11-13-20)27-34-24(25(40-27)23-14-19-8-4-5-9-22(19)39-23)26(35)33-21(28(36)37)16-38-15-17-6-2-1-3-7-17/h1-14,21H,15-16H2,(H,33,35)(H,36,37). The molecule has 2 aromatic heterocycles. The highest BCUT2D eigenvalue weighted by Crippen LogP contribution is 2.35. The second-order valence-corrected chi connectivity index (χ2v) is 8.79. The molecule has 40 heavy (non-hydrogen) atoms. The molecule has 0 saturated heterocycles. The van der Waals surface area contributed by atoms with Crippen LogP contribution in [0.1, 0.15) is 21.6 Å². The van der Waals surface area contributed by atoms with E-state index < -0.39 is 29.7 Å². The Labute approximate surface area is 225 Å². The molecule has 0 spiro atoms. The van der Waals surface area contributed by atoms with Gasteiger partial charge >= 0.3 is 12.1 Å². The Bertz CT molecular complexity index is 1610. The molecule has 1 amide bonds. The molecule has 11 heteroatoms. The number of benzene rings is 3. The highest BCUT2D eigenvalue weighted by atomic mass is 19.4. The van der Waals surface area contributed by atoms with Crippen molar-refractivity contribution < 1.29 is 41.4 Å². The van der Waals surface area contributed by atoms with Crippen molar-refractivity contribution in [2.75, 3.05) is 6.61 Å². The number of hydrogen-bond donors (Lipinski definition) is 2. The molecule has 204 valence electrons. The van der Waals surface area contributed by atoms with E-state index in [0.29, 0.717) is 11.0 Å². The molecular formula is C29H21F3N2O6.